The smallest absolute Gasteiger partial charge is 0.264 e. The first-order chi connectivity index (χ1) is 18.8. The average Bonchev–Trinajstić information content (AvgIpc) is 2.90. The minimum atomic E-state index is -4.11. The largest absolute Gasteiger partial charge is 0.354 e. The van der Waals surface area contributed by atoms with Crippen molar-refractivity contribution in [1.29, 1.82) is 0 Å². The zero-order valence-electron chi connectivity index (χ0n) is 23.9. The molecule has 0 heterocycles. The summed E-state index contributed by atoms with van der Waals surface area (Å²) in [6.07, 6.45) is 0. The summed E-state index contributed by atoms with van der Waals surface area (Å²) in [5.74, 6) is -0.537. The maximum Gasteiger partial charge on any atom is 0.264 e. The van der Waals surface area contributed by atoms with E-state index in [2.05, 4.69) is 21.2 Å². The average molecular weight is 629 g/mol. The quantitative estimate of drug-likeness (QED) is 0.293. The van der Waals surface area contributed by atoms with Crippen molar-refractivity contribution in [3.63, 3.8) is 0 Å². The van der Waals surface area contributed by atoms with Crippen LogP contribution in [-0.2, 0) is 26.2 Å². The number of nitrogens with one attached hydrogen (secondary N) is 1. The number of hydrogen-bond acceptors (Lipinski definition) is 4. The van der Waals surface area contributed by atoms with Gasteiger partial charge >= 0.3 is 0 Å². The molecule has 7 nitrogen and oxygen atoms in total. The fourth-order valence-electron chi connectivity index (χ4n) is 4.21. The molecule has 0 aliphatic rings. The zero-order chi connectivity index (χ0) is 29.6. The van der Waals surface area contributed by atoms with Gasteiger partial charge in [0.15, 0.2) is 0 Å². The first-order valence-corrected chi connectivity index (χ1v) is 15.5. The lowest BCUT2D eigenvalue weighted by Gasteiger charge is -2.32. The van der Waals surface area contributed by atoms with Crippen LogP contribution in [0.25, 0.3) is 0 Å². The van der Waals surface area contributed by atoms with Gasteiger partial charge in [0, 0.05) is 17.6 Å². The summed E-state index contributed by atoms with van der Waals surface area (Å²) in [7, 11) is -4.11. The summed E-state index contributed by atoms with van der Waals surface area (Å²) in [5.41, 5.74) is 3.74. The topological polar surface area (TPSA) is 86.8 Å². The van der Waals surface area contributed by atoms with Crippen molar-refractivity contribution in [3.8, 4) is 0 Å². The van der Waals surface area contributed by atoms with E-state index in [1.807, 2.05) is 71.0 Å². The molecule has 0 spiro atoms. The van der Waals surface area contributed by atoms with E-state index in [4.69, 9.17) is 0 Å². The molecule has 1 N–H and O–H groups in total. The standard InChI is InChI=1S/C31H38BrN3O4S/c1-21(2)18-33-31(37)25(6)34(19-26-8-7-9-27(32)17-26)30(36)20-35(29-16-23(4)10-13-24(29)5)40(38,39)28-14-11-22(3)12-15-28/h7-17,21,25H,18-20H2,1-6H3,(H,33,37)/t25-/m1/s1. The Morgan fingerprint density at radius 1 is 0.900 bits per heavy atom. The molecule has 0 radical (unpaired) electrons. The highest BCUT2D eigenvalue weighted by Gasteiger charge is 2.33. The molecule has 0 aliphatic carbocycles. The summed E-state index contributed by atoms with van der Waals surface area (Å²) < 4.78 is 30.0. The van der Waals surface area contributed by atoms with Crippen molar-refractivity contribution in [2.75, 3.05) is 17.4 Å². The van der Waals surface area contributed by atoms with E-state index in [0.717, 1.165) is 31.0 Å². The molecule has 3 aromatic carbocycles. The highest BCUT2D eigenvalue weighted by molar-refractivity contribution is 9.10. The SMILES string of the molecule is Cc1ccc(S(=O)(=O)N(CC(=O)N(Cc2cccc(Br)c2)[C@H](C)C(=O)NCC(C)C)c2cc(C)ccc2C)cc1. The van der Waals surface area contributed by atoms with Gasteiger partial charge in [-0.1, -0.05) is 71.7 Å². The number of hydrogen-bond donors (Lipinski definition) is 1. The van der Waals surface area contributed by atoms with E-state index in [1.165, 1.54) is 4.90 Å². The number of carbonyl (C=O) groups is 2. The Hall–Kier alpha value is -3.17. The van der Waals surface area contributed by atoms with E-state index in [-0.39, 0.29) is 23.3 Å². The highest BCUT2D eigenvalue weighted by atomic mass is 79.9. The lowest BCUT2D eigenvalue weighted by molar-refractivity contribution is -0.139. The van der Waals surface area contributed by atoms with Gasteiger partial charge in [0.05, 0.1) is 10.6 Å². The van der Waals surface area contributed by atoms with Crippen molar-refractivity contribution < 1.29 is 18.0 Å². The fraction of sp³-hybridized carbons (Fsp3) is 0.355. The molecule has 3 aromatic rings. The maximum absolute atomic E-state index is 14.1. The van der Waals surface area contributed by atoms with Gasteiger partial charge in [0.2, 0.25) is 11.8 Å². The molecule has 214 valence electrons. The van der Waals surface area contributed by atoms with Crippen LogP contribution in [0, 0.1) is 26.7 Å². The van der Waals surface area contributed by atoms with Crippen molar-refractivity contribution in [3.05, 3.63) is 93.5 Å². The van der Waals surface area contributed by atoms with Crippen molar-refractivity contribution in [2.24, 2.45) is 5.92 Å². The lowest BCUT2D eigenvalue weighted by atomic mass is 10.1. The van der Waals surface area contributed by atoms with E-state index < -0.39 is 28.5 Å². The van der Waals surface area contributed by atoms with Crippen LogP contribution < -0.4 is 9.62 Å². The number of halogens is 1. The van der Waals surface area contributed by atoms with Gasteiger partial charge in [0.25, 0.3) is 10.0 Å². The fourth-order valence-corrected chi connectivity index (χ4v) is 6.12. The van der Waals surface area contributed by atoms with Gasteiger partial charge in [-0.15, -0.1) is 0 Å². The van der Waals surface area contributed by atoms with Gasteiger partial charge in [-0.3, -0.25) is 13.9 Å². The number of aryl methyl sites for hydroxylation is 3. The molecule has 9 heteroatoms. The summed E-state index contributed by atoms with van der Waals surface area (Å²) in [6.45, 7) is 11.4. The third-order valence-electron chi connectivity index (χ3n) is 6.61. The van der Waals surface area contributed by atoms with E-state index in [0.29, 0.717) is 12.2 Å². The van der Waals surface area contributed by atoms with Crippen LogP contribution in [0.5, 0.6) is 0 Å². The Kier molecular flexibility index (Phi) is 10.6. The molecule has 40 heavy (non-hydrogen) atoms. The van der Waals surface area contributed by atoms with E-state index >= 15 is 0 Å². The Balaban J connectivity index is 2.06. The zero-order valence-corrected chi connectivity index (χ0v) is 26.3. The van der Waals surface area contributed by atoms with Crippen LogP contribution in [0.2, 0.25) is 0 Å². The summed E-state index contributed by atoms with van der Waals surface area (Å²) in [4.78, 5) is 28.7. The normalized spacial score (nSPS) is 12.2. The number of benzene rings is 3. The highest BCUT2D eigenvalue weighted by Crippen LogP contribution is 2.29. The van der Waals surface area contributed by atoms with Crippen molar-refractivity contribution in [2.45, 2.75) is 59.0 Å². The van der Waals surface area contributed by atoms with Crippen LogP contribution in [0.3, 0.4) is 0 Å². The molecule has 0 bridgehead atoms. The second-order valence-corrected chi connectivity index (χ2v) is 13.4. The Morgan fingerprint density at radius 2 is 1.55 bits per heavy atom. The first kappa shape index (κ1) is 31.4. The van der Waals surface area contributed by atoms with Crippen LogP contribution in [0.1, 0.15) is 43.0 Å². The number of carbonyl (C=O) groups excluding carboxylic acids is 2. The second-order valence-electron chi connectivity index (χ2n) is 10.6. The summed E-state index contributed by atoms with van der Waals surface area (Å²) in [6, 6.07) is 18.7. The van der Waals surface area contributed by atoms with Crippen LogP contribution in [0.15, 0.2) is 76.1 Å². The number of sulfonamides is 1. The molecule has 1 atom stereocenters. The number of amides is 2. The third kappa shape index (κ3) is 7.95. The van der Waals surface area contributed by atoms with Crippen molar-refractivity contribution >= 4 is 43.5 Å². The Bertz CT molecular complexity index is 1460. The van der Waals surface area contributed by atoms with Crippen LogP contribution in [-0.4, -0.2) is 44.3 Å². The summed E-state index contributed by atoms with van der Waals surface area (Å²) in [5, 5.41) is 2.90. The first-order valence-electron chi connectivity index (χ1n) is 13.3. The monoisotopic (exact) mass is 627 g/mol. The van der Waals surface area contributed by atoms with Gasteiger partial charge in [-0.05, 0) is 80.6 Å². The van der Waals surface area contributed by atoms with Crippen molar-refractivity contribution in [1.82, 2.24) is 10.2 Å². The Morgan fingerprint density at radius 3 is 2.17 bits per heavy atom. The molecule has 0 unspecified atom stereocenters. The molecule has 0 aromatic heterocycles. The molecule has 0 saturated carbocycles. The van der Waals surface area contributed by atoms with Gasteiger partial charge in [-0.25, -0.2) is 8.42 Å². The van der Waals surface area contributed by atoms with Gasteiger partial charge in [0.1, 0.15) is 12.6 Å². The van der Waals surface area contributed by atoms with Gasteiger partial charge < -0.3 is 10.2 Å². The second kappa shape index (κ2) is 13.5. The van der Waals surface area contributed by atoms with Crippen LogP contribution in [0.4, 0.5) is 5.69 Å². The third-order valence-corrected chi connectivity index (χ3v) is 8.88. The van der Waals surface area contributed by atoms with Crippen LogP contribution >= 0.6 is 15.9 Å². The number of nitrogens with zero attached hydrogens (tertiary/aromatic N) is 2. The number of anilines is 1. The molecule has 0 saturated heterocycles. The predicted molar refractivity (Wildman–Crippen MR) is 164 cm³/mol. The Labute approximate surface area is 246 Å². The minimum absolute atomic E-state index is 0.0908. The molecule has 0 fully saturated rings. The molecular formula is C31H38BrN3O4S. The summed E-state index contributed by atoms with van der Waals surface area (Å²) >= 11 is 3.47. The molecular weight excluding hydrogens is 590 g/mol. The maximum atomic E-state index is 14.1. The van der Waals surface area contributed by atoms with Gasteiger partial charge in [-0.2, -0.15) is 0 Å². The van der Waals surface area contributed by atoms with E-state index in [9.17, 15) is 18.0 Å². The molecule has 2 amide bonds. The molecule has 3 rings (SSSR count). The minimum Gasteiger partial charge on any atom is -0.354 e. The lowest BCUT2D eigenvalue weighted by Crippen LogP contribution is -2.51. The number of rotatable bonds is 11. The molecule has 0 aliphatic heterocycles. The van der Waals surface area contributed by atoms with E-state index in [1.54, 1.807) is 37.3 Å². The predicted octanol–water partition coefficient (Wildman–Crippen LogP) is 5.76.